The van der Waals surface area contributed by atoms with Gasteiger partial charge in [0.15, 0.2) is 0 Å². The Labute approximate surface area is 198 Å². The smallest absolute Gasteiger partial charge is 0.251 e. The van der Waals surface area contributed by atoms with Crippen molar-refractivity contribution >= 4 is 29.0 Å². The fraction of sp³-hybridized carbons (Fsp3) is 0.565. The Hall–Kier alpha value is -2.56. The third-order valence-corrected chi connectivity index (χ3v) is 7.27. The number of amides is 2. The zero-order valence-electron chi connectivity index (χ0n) is 19.2. The lowest BCUT2D eigenvalue weighted by atomic mass is 10.0. The van der Waals surface area contributed by atoms with Crippen LogP contribution >= 0.6 is 11.3 Å². The third-order valence-electron chi connectivity index (χ3n) is 6.20. The summed E-state index contributed by atoms with van der Waals surface area (Å²) in [6, 6.07) is 3.62. The fourth-order valence-corrected chi connectivity index (χ4v) is 5.35. The molecule has 0 aliphatic carbocycles. The van der Waals surface area contributed by atoms with Crippen LogP contribution in [0.15, 0.2) is 18.3 Å². The summed E-state index contributed by atoms with van der Waals surface area (Å²) in [5.41, 5.74) is 1.62. The second-order valence-electron chi connectivity index (χ2n) is 8.81. The highest BCUT2D eigenvalue weighted by Crippen LogP contribution is 2.24. The number of aliphatic hydroxyl groups is 1. The molecule has 33 heavy (non-hydrogen) atoms. The molecule has 9 nitrogen and oxygen atoms in total. The van der Waals surface area contributed by atoms with Gasteiger partial charge in [-0.25, -0.2) is 9.97 Å². The lowest BCUT2D eigenvalue weighted by Gasteiger charge is -2.32. The van der Waals surface area contributed by atoms with Gasteiger partial charge in [-0.15, -0.1) is 11.3 Å². The molecule has 0 saturated carbocycles. The van der Waals surface area contributed by atoms with Crippen molar-refractivity contribution < 1.29 is 14.7 Å². The van der Waals surface area contributed by atoms with Crippen LogP contribution in [0.3, 0.4) is 0 Å². The second-order valence-corrected chi connectivity index (χ2v) is 10.1. The number of rotatable bonds is 7. The minimum Gasteiger partial charge on any atom is -0.390 e. The van der Waals surface area contributed by atoms with Crippen molar-refractivity contribution in [3.05, 3.63) is 39.5 Å². The van der Waals surface area contributed by atoms with E-state index in [2.05, 4.69) is 25.5 Å². The quantitative estimate of drug-likeness (QED) is 0.559. The van der Waals surface area contributed by atoms with Gasteiger partial charge in [0.05, 0.1) is 16.8 Å². The van der Waals surface area contributed by atoms with Crippen LogP contribution in [0.2, 0.25) is 0 Å². The van der Waals surface area contributed by atoms with E-state index in [1.54, 1.807) is 36.6 Å². The second kappa shape index (κ2) is 10.6. The molecular formula is C23H32N6O3S. The van der Waals surface area contributed by atoms with Crippen LogP contribution in [0.1, 0.15) is 45.7 Å². The Balaban J connectivity index is 1.23. The van der Waals surface area contributed by atoms with Gasteiger partial charge in [-0.05, 0) is 38.3 Å². The molecule has 1 atom stereocenters. The molecule has 1 fully saturated rings. The summed E-state index contributed by atoms with van der Waals surface area (Å²) in [6.45, 7) is 7.40. The van der Waals surface area contributed by atoms with E-state index in [-0.39, 0.29) is 24.4 Å². The Morgan fingerprint density at radius 2 is 2.09 bits per heavy atom. The summed E-state index contributed by atoms with van der Waals surface area (Å²) in [4.78, 5) is 38.4. The van der Waals surface area contributed by atoms with Crippen molar-refractivity contribution in [1.29, 1.82) is 0 Å². The molecule has 0 bridgehead atoms. The summed E-state index contributed by atoms with van der Waals surface area (Å²) in [5.74, 6) is 0.518. The summed E-state index contributed by atoms with van der Waals surface area (Å²) >= 11 is 1.75. The Bertz CT molecular complexity index is 988. The van der Waals surface area contributed by atoms with Crippen molar-refractivity contribution in [3.63, 3.8) is 0 Å². The molecule has 2 aliphatic heterocycles. The number of hydrogen-bond acceptors (Lipinski definition) is 8. The largest absolute Gasteiger partial charge is 0.390 e. The van der Waals surface area contributed by atoms with Gasteiger partial charge in [0, 0.05) is 68.9 Å². The molecule has 4 rings (SSSR count). The number of fused-ring (bicyclic) bond motifs is 1. The average Bonchev–Trinajstić information content (AvgIpc) is 3.17. The highest BCUT2D eigenvalue weighted by molar-refractivity contribution is 7.11. The normalized spacial score (nSPS) is 18.0. The highest BCUT2D eigenvalue weighted by atomic mass is 32.1. The zero-order chi connectivity index (χ0) is 23.4. The number of carbonyl (C=O) groups excluding carboxylic acids is 2. The first-order valence-electron chi connectivity index (χ1n) is 11.5. The molecule has 10 heteroatoms. The van der Waals surface area contributed by atoms with E-state index in [9.17, 15) is 14.7 Å². The molecule has 178 valence electrons. The van der Waals surface area contributed by atoms with Crippen LogP contribution in [0, 0.1) is 6.92 Å². The van der Waals surface area contributed by atoms with Crippen molar-refractivity contribution in [3.8, 4) is 0 Å². The van der Waals surface area contributed by atoms with Crippen molar-refractivity contribution in [2.75, 3.05) is 38.0 Å². The van der Waals surface area contributed by atoms with E-state index in [1.807, 2.05) is 11.8 Å². The van der Waals surface area contributed by atoms with Gasteiger partial charge in [-0.3, -0.25) is 14.5 Å². The number of aliphatic hydroxyl groups excluding tert-OH is 1. The number of aromatic nitrogens is 2. The predicted octanol–water partition coefficient (Wildman–Crippen LogP) is 1.42. The van der Waals surface area contributed by atoms with Gasteiger partial charge in [-0.1, -0.05) is 0 Å². The number of likely N-dealkylation sites (tertiary alicyclic amines) is 1. The third kappa shape index (κ3) is 6.27. The van der Waals surface area contributed by atoms with Gasteiger partial charge in [-0.2, -0.15) is 0 Å². The van der Waals surface area contributed by atoms with E-state index in [0.717, 1.165) is 56.1 Å². The maximum Gasteiger partial charge on any atom is 0.251 e. The number of carbonyl (C=O) groups is 2. The number of pyridine rings is 1. The van der Waals surface area contributed by atoms with Gasteiger partial charge in [0.25, 0.3) is 5.91 Å². The summed E-state index contributed by atoms with van der Waals surface area (Å²) in [7, 11) is 0. The van der Waals surface area contributed by atoms with Crippen molar-refractivity contribution in [1.82, 2.24) is 25.1 Å². The standard InChI is InChI=1S/C23H32N6O3S/c1-15-26-20-14-28(8-6-21(20)33-15)13-19(31)12-25-23(32)17-3-7-24-22(11-17)27-18-4-9-29(10-5-18)16(2)30/h3,7,11,18-19,31H,4-6,8-10,12-14H2,1-2H3,(H,24,27)(H,25,32)/t19-/m0/s1. The lowest BCUT2D eigenvalue weighted by Crippen LogP contribution is -2.42. The number of nitrogens with one attached hydrogen (secondary N) is 2. The molecule has 0 aromatic carbocycles. The number of nitrogens with zero attached hydrogens (tertiary/aromatic N) is 4. The van der Waals surface area contributed by atoms with Crippen LogP contribution in [0.4, 0.5) is 5.82 Å². The first-order chi connectivity index (χ1) is 15.9. The molecule has 2 aromatic heterocycles. The van der Waals surface area contributed by atoms with Crippen LogP contribution in [0.25, 0.3) is 0 Å². The van der Waals surface area contributed by atoms with Crippen molar-refractivity contribution in [2.45, 2.75) is 51.8 Å². The zero-order valence-corrected chi connectivity index (χ0v) is 20.0. The summed E-state index contributed by atoms with van der Waals surface area (Å²) < 4.78 is 0. The topological polar surface area (TPSA) is 111 Å². The number of anilines is 1. The Kier molecular flexibility index (Phi) is 7.56. The fourth-order valence-electron chi connectivity index (χ4n) is 4.41. The molecule has 0 radical (unpaired) electrons. The minimum atomic E-state index is -0.652. The summed E-state index contributed by atoms with van der Waals surface area (Å²) in [5, 5.41) is 17.7. The maximum absolute atomic E-state index is 12.6. The molecule has 0 unspecified atom stereocenters. The van der Waals surface area contributed by atoms with Gasteiger partial charge < -0.3 is 20.6 Å². The lowest BCUT2D eigenvalue weighted by molar-refractivity contribution is -0.129. The SMILES string of the molecule is CC(=O)N1CCC(Nc2cc(C(=O)NC[C@H](O)CN3CCc4sc(C)nc4C3)ccn2)CC1. The molecule has 4 heterocycles. The molecule has 2 amide bonds. The first kappa shape index (κ1) is 23.6. The minimum absolute atomic E-state index is 0.107. The average molecular weight is 473 g/mol. The van der Waals surface area contributed by atoms with Crippen LogP contribution in [0.5, 0.6) is 0 Å². The van der Waals surface area contributed by atoms with Crippen LogP contribution in [-0.2, 0) is 17.8 Å². The van der Waals surface area contributed by atoms with Crippen LogP contribution < -0.4 is 10.6 Å². The summed E-state index contributed by atoms with van der Waals surface area (Å²) in [6.07, 6.45) is 3.62. The van der Waals surface area contributed by atoms with Gasteiger partial charge >= 0.3 is 0 Å². The monoisotopic (exact) mass is 472 g/mol. The maximum atomic E-state index is 12.6. The molecule has 2 aromatic rings. The van der Waals surface area contributed by atoms with Crippen LogP contribution in [-0.4, -0.2) is 81.6 Å². The van der Waals surface area contributed by atoms with Gasteiger partial charge in [0.2, 0.25) is 5.91 Å². The molecule has 2 aliphatic rings. The van der Waals surface area contributed by atoms with E-state index in [0.29, 0.717) is 17.9 Å². The van der Waals surface area contributed by atoms with E-state index in [1.165, 1.54) is 4.88 Å². The number of β-amino-alcohol motifs (C(OH)–C–C–N with tert-alkyl or cyclic N) is 1. The number of piperidine rings is 1. The predicted molar refractivity (Wildman–Crippen MR) is 127 cm³/mol. The molecular weight excluding hydrogens is 440 g/mol. The number of aryl methyl sites for hydroxylation is 1. The van der Waals surface area contributed by atoms with Crippen molar-refractivity contribution in [2.24, 2.45) is 0 Å². The molecule has 3 N–H and O–H groups in total. The highest BCUT2D eigenvalue weighted by Gasteiger charge is 2.23. The molecule has 0 spiro atoms. The Morgan fingerprint density at radius 3 is 2.85 bits per heavy atom. The van der Waals surface area contributed by atoms with E-state index in [4.69, 9.17) is 0 Å². The van der Waals surface area contributed by atoms with Gasteiger partial charge in [0.1, 0.15) is 5.82 Å². The Morgan fingerprint density at radius 1 is 1.30 bits per heavy atom. The number of thiazole rings is 1. The number of hydrogen-bond donors (Lipinski definition) is 3. The van der Waals surface area contributed by atoms with E-state index >= 15 is 0 Å². The molecule has 1 saturated heterocycles. The first-order valence-corrected chi connectivity index (χ1v) is 12.3. The van der Waals surface area contributed by atoms with E-state index < -0.39 is 6.10 Å².